The number of hydrogen-bond donors (Lipinski definition) is 1. The highest BCUT2D eigenvalue weighted by Crippen LogP contribution is 2.15. The second-order valence-corrected chi connectivity index (χ2v) is 3.81. The van der Waals surface area contributed by atoms with E-state index in [1.165, 1.54) is 0 Å². The molecule has 0 fully saturated rings. The van der Waals surface area contributed by atoms with Gasteiger partial charge < -0.3 is 10.1 Å². The highest BCUT2D eigenvalue weighted by molar-refractivity contribution is 4.60. The summed E-state index contributed by atoms with van der Waals surface area (Å²) in [4.78, 5) is 0. The number of hydrogen-bond acceptors (Lipinski definition) is 2. The zero-order valence-corrected chi connectivity index (χ0v) is 9.29. The average Bonchev–Trinajstić information content (AvgIpc) is 2.09. The maximum atomic E-state index is 11.7. The molecule has 0 aliphatic carbocycles. The summed E-state index contributed by atoms with van der Waals surface area (Å²) in [7, 11) is 0. The van der Waals surface area contributed by atoms with Crippen molar-refractivity contribution in [1.29, 1.82) is 0 Å². The fourth-order valence-electron chi connectivity index (χ4n) is 1.03. The number of nitrogens with one attached hydrogen (secondary N) is 1. The fourth-order valence-corrected chi connectivity index (χ4v) is 1.03. The molecule has 0 aliphatic heterocycles. The van der Waals surface area contributed by atoms with Crippen molar-refractivity contribution >= 4 is 0 Å². The minimum atomic E-state index is -4.36. The molecule has 0 spiro atoms. The van der Waals surface area contributed by atoms with Gasteiger partial charge in [0.25, 0.3) is 0 Å². The molecule has 0 saturated carbocycles. The Kier molecular flexibility index (Phi) is 6.84. The molecule has 0 rings (SSSR count). The number of halogens is 6. The summed E-state index contributed by atoms with van der Waals surface area (Å²) in [5.41, 5.74) is 0. The first kappa shape index (κ1) is 16.5. The number of ether oxygens (including phenoxy) is 1. The van der Waals surface area contributed by atoms with Crippen LogP contribution in [-0.2, 0) is 4.74 Å². The summed E-state index contributed by atoms with van der Waals surface area (Å²) in [5, 5.41) is 2.18. The van der Waals surface area contributed by atoms with Crippen molar-refractivity contribution in [2.45, 2.75) is 25.7 Å². The lowest BCUT2D eigenvalue weighted by Crippen LogP contribution is -2.32. The first-order chi connectivity index (χ1) is 7.60. The van der Waals surface area contributed by atoms with E-state index in [0.717, 1.165) is 0 Å². The molecule has 0 amide bonds. The van der Waals surface area contributed by atoms with Crippen LogP contribution >= 0.6 is 0 Å². The Morgan fingerprint density at radius 2 is 1.65 bits per heavy atom. The van der Waals surface area contributed by atoms with Crippen molar-refractivity contribution < 1.29 is 31.1 Å². The third kappa shape index (κ3) is 13.4. The second kappa shape index (κ2) is 7.05. The molecule has 0 saturated heterocycles. The van der Waals surface area contributed by atoms with Crippen LogP contribution in [0.4, 0.5) is 26.3 Å². The highest BCUT2D eigenvalue weighted by Gasteiger charge is 2.27. The standard InChI is InChI=1S/C9H15F6NO/c1-7(4-16-5-8(10,11)12)2-3-17-6-9(13,14)15/h7,16H,2-6H2,1H3. The molecule has 1 atom stereocenters. The van der Waals surface area contributed by atoms with Crippen LogP contribution in [0.1, 0.15) is 13.3 Å². The predicted molar refractivity (Wildman–Crippen MR) is 49.6 cm³/mol. The number of rotatable bonds is 7. The molecular weight excluding hydrogens is 252 g/mol. The topological polar surface area (TPSA) is 21.3 Å². The lowest BCUT2D eigenvalue weighted by molar-refractivity contribution is -0.174. The fraction of sp³-hybridized carbons (Fsp3) is 1.00. The van der Waals surface area contributed by atoms with Crippen molar-refractivity contribution in [3.63, 3.8) is 0 Å². The molecule has 1 unspecified atom stereocenters. The molecule has 0 heterocycles. The lowest BCUT2D eigenvalue weighted by Gasteiger charge is -2.14. The third-order valence-electron chi connectivity index (χ3n) is 1.84. The van der Waals surface area contributed by atoms with Crippen LogP contribution < -0.4 is 5.32 Å². The second-order valence-electron chi connectivity index (χ2n) is 3.81. The van der Waals surface area contributed by atoms with Gasteiger partial charge in [-0.1, -0.05) is 6.92 Å². The number of alkyl halides is 6. The largest absolute Gasteiger partial charge is 0.411 e. The van der Waals surface area contributed by atoms with E-state index in [-0.39, 0.29) is 25.5 Å². The van der Waals surface area contributed by atoms with Crippen LogP contribution in [0, 0.1) is 5.92 Å². The van der Waals surface area contributed by atoms with Gasteiger partial charge in [-0.2, -0.15) is 26.3 Å². The van der Waals surface area contributed by atoms with Gasteiger partial charge in [0, 0.05) is 6.61 Å². The Labute approximate surface area is 95.3 Å². The van der Waals surface area contributed by atoms with Crippen LogP contribution in [0.3, 0.4) is 0 Å². The van der Waals surface area contributed by atoms with E-state index in [4.69, 9.17) is 0 Å². The average molecular weight is 267 g/mol. The predicted octanol–water partition coefficient (Wildman–Crippen LogP) is 2.74. The zero-order valence-electron chi connectivity index (χ0n) is 9.29. The molecule has 8 heteroatoms. The molecule has 0 aromatic rings. The van der Waals surface area contributed by atoms with E-state index in [1.807, 2.05) is 0 Å². The maximum absolute atomic E-state index is 11.7. The van der Waals surface area contributed by atoms with E-state index in [0.29, 0.717) is 0 Å². The van der Waals surface area contributed by atoms with E-state index in [1.54, 1.807) is 6.92 Å². The Hall–Kier alpha value is -0.500. The van der Waals surface area contributed by atoms with Gasteiger partial charge in [0.05, 0.1) is 6.54 Å². The van der Waals surface area contributed by atoms with Crippen LogP contribution in [0.5, 0.6) is 0 Å². The normalized spacial score (nSPS) is 15.0. The van der Waals surface area contributed by atoms with Crippen molar-refractivity contribution in [1.82, 2.24) is 5.32 Å². The summed E-state index contributed by atoms with van der Waals surface area (Å²) in [5.74, 6) is -0.175. The van der Waals surface area contributed by atoms with Crippen molar-refractivity contribution in [2.24, 2.45) is 5.92 Å². The van der Waals surface area contributed by atoms with Gasteiger partial charge in [-0.05, 0) is 18.9 Å². The summed E-state index contributed by atoms with van der Waals surface area (Å²) in [6.45, 7) is -0.806. The Morgan fingerprint density at radius 1 is 1.06 bits per heavy atom. The van der Waals surface area contributed by atoms with Crippen molar-refractivity contribution in [2.75, 3.05) is 26.3 Å². The van der Waals surface area contributed by atoms with E-state index >= 15 is 0 Å². The quantitative estimate of drug-likeness (QED) is 0.565. The molecular formula is C9H15F6NO. The minimum Gasteiger partial charge on any atom is -0.372 e. The highest BCUT2D eigenvalue weighted by atomic mass is 19.4. The zero-order chi connectivity index (χ0) is 13.5. The maximum Gasteiger partial charge on any atom is 0.411 e. The van der Waals surface area contributed by atoms with Gasteiger partial charge in [-0.25, -0.2) is 0 Å². The van der Waals surface area contributed by atoms with Gasteiger partial charge in [0.1, 0.15) is 6.61 Å². The molecule has 0 radical (unpaired) electrons. The van der Waals surface area contributed by atoms with E-state index < -0.39 is 25.5 Å². The lowest BCUT2D eigenvalue weighted by atomic mass is 10.1. The first-order valence-electron chi connectivity index (χ1n) is 5.02. The summed E-state index contributed by atoms with van der Waals surface area (Å²) in [6.07, 6.45) is -8.36. The van der Waals surface area contributed by atoms with Gasteiger partial charge in [0.2, 0.25) is 0 Å². The molecule has 0 aliphatic rings. The summed E-state index contributed by atoms with van der Waals surface area (Å²) >= 11 is 0. The summed E-state index contributed by atoms with van der Waals surface area (Å²) in [6, 6.07) is 0. The third-order valence-corrected chi connectivity index (χ3v) is 1.84. The van der Waals surface area contributed by atoms with E-state index in [2.05, 4.69) is 10.1 Å². The summed E-state index contributed by atoms with van der Waals surface area (Å²) < 4.78 is 74.5. The minimum absolute atomic E-state index is 0.0922. The van der Waals surface area contributed by atoms with Crippen LogP contribution in [0.15, 0.2) is 0 Å². The van der Waals surface area contributed by atoms with Crippen LogP contribution in [-0.4, -0.2) is 38.7 Å². The SMILES string of the molecule is CC(CCOCC(F)(F)F)CNCC(F)(F)F. The van der Waals surface area contributed by atoms with Crippen LogP contribution in [0.25, 0.3) is 0 Å². The molecule has 17 heavy (non-hydrogen) atoms. The molecule has 0 bridgehead atoms. The molecule has 0 aromatic carbocycles. The Balaban J connectivity index is 3.44. The molecule has 104 valence electrons. The van der Waals surface area contributed by atoms with Gasteiger partial charge in [-0.3, -0.25) is 0 Å². The molecule has 0 aromatic heterocycles. The van der Waals surface area contributed by atoms with E-state index in [9.17, 15) is 26.3 Å². The Morgan fingerprint density at radius 3 is 2.12 bits per heavy atom. The van der Waals surface area contributed by atoms with Gasteiger partial charge >= 0.3 is 12.4 Å². The monoisotopic (exact) mass is 267 g/mol. The van der Waals surface area contributed by atoms with Gasteiger partial charge in [-0.15, -0.1) is 0 Å². The van der Waals surface area contributed by atoms with Gasteiger partial charge in [0.15, 0.2) is 0 Å². The molecule has 1 N–H and O–H groups in total. The Bertz CT molecular complexity index is 203. The van der Waals surface area contributed by atoms with Crippen molar-refractivity contribution in [3.8, 4) is 0 Å². The first-order valence-corrected chi connectivity index (χ1v) is 5.02. The van der Waals surface area contributed by atoms with Crippen LogP contribution in [0.2, 0.25) is 0 Å². The smallest absolute Gasteiger partial charge is 0.372 e. The molecule has 2 nitrogen and oxygen atoms in total. The van der Waals surface area contributed by atoms with Crippen molar-refractivity contribution in [3.05, 3.63) is 0 Å².